The normalized spacial score (nSPS) is 30.7. The lowest BCUT2D eigenvalue weighted by Gasteiger charge is -2.41. The molecule has 172 valence electrons. The summed E-state index contributed by atoms with van der Waals surface area (Å²) in [4.78, 5) is 12.6. The van der Waals surface area contributed by atoms with E-state index >= 15 is 0 Å². The fraction of sp³-hybridized carbons (Fsp3) is 0.571. The summed E-state index contributed by atoms with van der Waals surface area (Å²) in [5.41, 5.74) is 0.867. The van der Waals surface area contributed by atoms with Gasteiger partial charge in [0.2, 0.25) is 5.91 Å². The van der Waals surface area contributed by atoms with Gasteiger partial charge >= 0.3 is 0 Å². The predicted octanol–water partition coefficient (Wildman–Crippen LogP) is 0.250. The molecule has 1 aliphatic heterocycles. The summed E-state index contributed by atoms with van der Waals surface area (Å²) in [6.07, 6.45) is -1.20. The summed E-state index contributed by atoms with van der Waals surface area (Å²) in [7, 11) is 0. The topological polar surface area (TPSA) is 138 Å². The molecule has 9 nitrogen and oxygen atoms in total. The van der Waals surface area contributed by atoms with Crippen LogP contribution in [0.15, 0.2) is 23.8 Å². The largest absolute Gasteiger partial charge is 0.504 e. The number of amides is 1. The second-order valence-corrected chi connectivity index (χ2v) is 8.59. The Morgan fingerprint density at radius 3 is 2.61 bits per heavy atom. The van der Waals surface area contributed by atoms with Gasteiger partial charge in [-0.25, -0.2) is 0 Å². The zero-order valence-corrected chi connectivity index (χ0v) is 18.2. The first-order chi connectivity index (χ1) is 14.8. The maximum atomic E-state index is 12.6. The van der Waals surface area contributed by atoms with E-state index in [9.17, 15) is 25.2 Å². The number of carbonyl (C=O) groups is 1. The van der Waals surface area contributed by atoms with Gasteiger partial charge in [-0.1, -0.05) is 6.07 Å². The Morgan fingerprint density at radius 1 is 1.23 bits per heavy atom. The van der Waals surface area contributed by atoms with E-state index in [0.29, 0.717) is 17.9 Å². The van der Waals surface area contributed by atoms with Crippen molar-refractivity contribution in [2.75, 3.05) is 25.4 Å². The maximum Gasteiger partial charge on any atom is 0.247 e. The van der Waals surface area contributed by atoms with Crippen molar-refractivity contribution in [1.82, 2.24) is 5.32 Å². The van der Waals surface area contributed by atoms with E-state index < -0.39 is 42.5 Å². The third kappa shape index (κ3) is 5.51. The van der Waals surface area contributed by atoms with Crippen molar-refractivity contribution in [3.63, 3.8) is 0 Å². The van der Waals surface area contributed by atoms with Gasteiger partial charge in [0.1, 0.15) is 37.3 Å². The van der Waals surface area contributed by atoms with Gasteiger partial charge in [-0.05, 0) is 49.1 Å². The van der Waals surface area contributed by atoms with Crippen LogP contribution in [0, 0.1) is 0 Å². The molecular weight excluding hydrogens is 426 g/mol. The molecule has 1 heterocycles. The maximum absolute atomic E-state index is 12.6. The number of fused-ring (bicyclic) bond motifs is 1. The van der Waals surface area contributed by atoms with E-state index in [4.69, 9.17) is 14.2 Å². The standard InChI is InChI=1S/C21H29NO8S/c1-11(8-12-4-5-14(13(23)9-12)28-6-3-7-31-2)21(27)22-15-16(24)18(26)20-19(17(15)25)29-10-30-20/h4-5,8-9,15-20,23-26H,3,6-7,10H2,1-2H3,(H,22,27)/b11-8+/t15-,16+,17-,18-,19+,20-/m1/s1. The molecule has 2 fully saturated rings. The molecule has 1 amide bonds. The molecule has 1 saturated carbocycles. The monoisotopic (exact) mass is 455 g/mol. The Morgan fingerprint density at radius 2 is 1.94 bits per heavy atom. The van der Waals surface area contributed by atoms with Crippen molar-refractivity contribution in [3.05, 3.63) is 29.3 Å². The number of carbonyl (C=O) groups excluding carboxylic acids is 1. The summed E-state index contributed by atoms with van der Waals surface area (Å²) in [5.74, 6) is 0.773. The number of nitrogens with one attached hydrogen (secondary N) is 1. The van der Waals surface area contributed by atoms with Gasteiger partial charge in [0, 0.05) is 5.57 Å². The highest BCUT2D eigenvalue weighted by atomic mass is 32.2. The molecule has 0 aromatic heterocycles. The van der Waals surface area contributed by atoms with Crippen molar-refractivity contribution in [2.24, 2.45) is 0 Å². The lowest BCUT2D eigenvalue weighted by molar-refractivity contribution is -0.155. The van der Waals surface area contributed by atoms with E-state index in [1.807, 2.05) is 6.26 Å². The summed E-state index contributed by atoms with van der Waals surface area (Å²) < 4.78 is 16.0. The lowest BCUT2D eigenvalue weighted by Crippen LogP contribution is -2.67. The van der Waals surface area contributed by atoms with Gasteiger partial charge in [-0.3, -0.25) is 4.79 Å². The van der Waals surface area contributed by atoms with Crippen LogP contribution in [0.25, 0.3) is 6.08 Å². The number of aliphatic hydroxyl groups is 3. The molecular formula is C21H29NO8S. The molecule has 0 unspecified atom stereocenters. The van der Waals surface area contributed by atoms with Crippen molar-refractivity contribution >= 4 is 23.7 Å². The minimum Gasteiger partial charge on any atom is -0.504 e. The second-order valence-electron chi connectivity index (χ2n) is 7.60. The molecule has 0 radical (unpaired) electrons. The van der Waals surface area contributed by atoms with Crippen LogP contribution >= 0.6 is 11.8 Å². The van der Waals surface area contributed by atoms with E-state index in [1.54, 1.807) is 36.9 Å². The first-order valence-corrected chi connectivity index (χ1v) is 11.4. The summed E-state index contributed by atoms with van der Waals surface area (Å²) in [6, 6.07) is 3.71. The molecule has 10 heteroatoms. The molecule has 1 aromatic rings. The third-order valence-corrected chi connectivity index (χ3v) is 6.07. The first-order valence-electron chi connectivity index (χ1n) is 10.0. The number of phenolic OH excluding ortho intramolecular Hbond substituents is 1. The van der Waals surface area contributed by atoms with E-state index in [2.05, 4.69) is 5.32 Å². The van der Waals surface area contributed by atoms with Crippen molar-refractivity contribution < 1.29 is 39.4 Å². The van der Waals surface area contributed by atoms with Crippen LogP contribution in [0.2, 0.25) is 0 Å². The Hall–Kier alpha value is -1.82. The molecule has 2 aliphatic rings. The first kappa shape index (κ1) is 23.8. The highest BCUT2D eigenvalue weighted by Gasteiger charge is 2.53. The fourth-order valence-electron chi connectivity index (χ4n) is 3.67. The molecule has 1 aliphatic carbocycles. The van der Waals surface area contributed by atoms with Gasteiger partial charge in [-0.15, -0.1) is 0 Å². The van der Waals surface area contributed by atoms with Crippen LogP contribution in [0.5, 0.6) is 11.5 Å². The van der Waals surface area contributed by atoms with Crippen LogP contribution in [0.3, 0.4) is 0 Å². The quantitative estimate of drug-likeness (QED) is 0.276. The molecule has 1 saturated heterocycles. The van der Waals surface area contributed by atoms with Crippen LogP contribution < -0.4 is 10.1 Å². The van der Waals surface area contributed by atoms with Crippen LogP contribution in [-0.4, -0.2) is 88.3 Å². The number of thioether (sulfide) groups is 1. The van der Waals surface area contributed by atoms with Crippen molar-refractivity contribution in [1.29, 1.82) is 0 Å². The van der Waals surface area contributed by atoms with E-state index in [-0.39, 0.29) is 18.1 Å². The number of benzene rings is 1. The number of rotatable bonds is 8. The highest BCUT2D eigenvalue weighted by Crippen LogP contribution is 2.30. The SMILES string of the molecule is CSCCCOc1ccc(/C=C(\C)C(=O)N[C@@H]2[C@H](O)[C@@H](O)[C@H]3OCO[C@H]3[C@@H]2O)cc1O. The number of phenols is 1. The molecule has 0 bridgehead atoms. The van der Waals surface area contributed by atoms with Gasteiger partial charge in [0.25, 0.3) is 0 Å². The molecule has 6 atom stereocenters. The predicted molar refractivity (Wildman–Crippen MR) is 115 cm³/mol. The third-order valence-electron chi connectivity index (χ3n) is 5.38. The molecule has 31 heavy (non-hydrogen) atoms. The second kappa shape index (κ2) is 10.7. The van der Waals surface area contributed by atoms with E-state index in [1.165, 1.54) is 6.07 Å². The van der Waals surface area contributed by atoms with Crippen molar-refractivity contribution in [2.45, 2.75) is 49.9 Å². The molecule has 3 rings (SSSR count). The summed E-state index contributed by atoms with van der Waals surface area (Å²) >= 11 is 1.72. The van der Waals surface area contributed by atoms with Gasteiger partial charge < -0.3 is 40.0 Å². The molecule has 1 aromatic carbocycles. The van der Waals surface area contributed by atoms with E-state index in [0.717, 1.165) is 12.2 Å². The summed E-state index contributed by atoms with van der Waals surface area (Å²) in [5, 5.41) is 43.7. The fourth-order valence-corrected chi connectivity index (χ4v) is 4.07. The number of ether oxygens (including phenoxy) is 3. The Balaban J connectivity index is 1.63. The highest BCUT2D eigenvalue weighted by molar-refractivity contribution is 7.98. The number of aromatic hydroxyl groups is 1. The average Bonchev–Trinajstić information content (AvgIpc) is 3.24. The Bertz CT molecular complexity index is 804. The zero-order chi connectivity index (χ0) is 22.5. The lowest BCUT2D eigenvalue weighted by atomic mass is 9.83. The van der Waals surface area contributed by atoms with Crippen LogP contribution in [0.1, 0.15) is 18.9 Å². The smallest absolute Gasteiger partial charge is 0.247 e. The van der Waals surface area contributed by atoms with Crippen LogP contribution in [0.4, 0.5) is 0 Å². The van der Waals surface area contributed by atoms with Gasteiger partial charge in [-0.2, -0.15) is 11.8 Å². The minimum atomic E-state index is -1.42. The van der Waals surface area contributed by atoms with Gasteiger partial charge in [0.15, 0.2) is 11.5 Å². The average molecular weight is 456 g/mol. The Labute approximate surface area is 185 Å². The molecule has 0 spiro atoms. The van der Waals surface area contributed by atoms with Crippen LogP contribution in [-0.2, 0) is 14.3 Å². The number of aliphatic hydroxyl groups excluding tert-OH is 3. The number of hydrogen-bond donors (Lipinski definition) is 5. The minimum absolute atomic E-state index is 0.0308. The molecule has 5 N–H and O–H groups in total. The van der Waals surface area contributed by atoms with Crippen molar-refractivity contribution in [3.8, 4) is 11.5 Å². The summed E-state index contributed by atoms with van der Waals surface area (Å²) in [6.45, 7) is 1.96. The zero-order valence-electron chi connectivity index (χ0n) is 17.4. The number of hydrogen-bond acceptors (Lipinski definition) is 9. The van der Waals surface area contributed by atoms with Gasteiger partial charge in [0.05, 0.1) is 12.6 Å². The Kier molecular flexibility index (Phi) is 8.20.